The summed E-state index contributed by atoms with van der Waals surface area (Å²) in [6.07, 6.45) is -4.65. The van der Waals surface area contributed by atoms with E-state index in [2.05, 4.69) is 0 Å². The fraction of sp³-hybridized carbons (Fsp3) is 0.611. The van der Waals surface area contributed by atoms with Crippen molar-refractivity contribution < 1.29 is 37.7 Å². The Bertz CT molecular complexity index is 648. The van der Waals surface area contributed by atoms with Gasteiger partial charge in [-0.05, 0) is 37.0 Å². The third kappa shape index (κ3) is 4.29. The van der Waals surface area contributed by atoms with Gasteiger partial charge in [-0.3, -0.25) is 4.79 Å². The average Bonchev–Trinajstić information content (AvgIpc) is 3.05. The number of aliphatic hydroxyl groups is 2. The SMILES string of the molecule is O=C1CC2C(CC(O)C2CC[C@@H](O)COc2cccc(C(F)(F)F)c2)O1. The number of esters is 1. The molecule has 1 aliphatic carbocycles. The number of benzene rings is 1. The molecule has 0 radical (unpaired) electrons. The molecule has 26 heavy (non-hydrogen) atoms. The molecular weight excluding hydrogens is 353 g/mol. The van der Waals surface area contributed by atoms with E-state index in [9.17, 15) is 28.2 Å². The number of alkyl halides is 3. The van der Waals surface area contributed by atoms with Crippen molar-refractivity contribution in [1.29, 1.82) is 0 Å². The fourth-order valence-corrected chi connectivity index (χ4v) is 3.81. The Morgan fingerprint density at radius 2 is 2.12 bits per heavy atom. The molecule has 2 N–H and O–H groups in total. The monoisotopic (exact) mass is 374 g/mol. The Morgan fingerprint density at radius 1 is 1.35 bits per heavy atom. The van der Waals surface area contributed by atoms with E-state index in [1.807, 2.05) is 0 Å². The van der Waals surface area contributed by atoms with Crippen molar-refractivity contribution in [2.75, 3.05) is 6.61 Å². The highest BCUT2D eigenvalue weighted by molar-refractivity contribution is 5.72. The first-order valence-electron chi connectivity index (χ1n) is 8.59. The van der Waals surface area contributed by atoms with Gasteiger partial charge in [-0.25, -0.2) is 0 Å². The van der Waals surface area contributed by atoms with E-state index in [0.29, 0.717) is 19.3 Å². The third-order valence-corrected chi connectivity index (χ3v) is 5.12. The van der Waals surface area contributed by atoms with Gasteiger partial charge in [0.2, 0.25) is 0 Å². The molecule has 0 bridgehead atoms. The zero-order valence-corrected chi connectivity index (χ0v) is 14.0. The second kappa shape index (κ2) is 7.44. The highest BCUT2D eigenvalue weighted by Crippen LogP contribution is 2.43. The van der Waals surface area contributed by atoms with Gasteiger partial charge in [-0.15, -0.1) is 0 Å². The topological polar surface area (TPSA) is 76.0 Å². The first kappa shape index (κ1) is 19.0. The molecule has 2 fully saturated rings. The summed E-state index contributed by atoms with van der Waals surface area (Å²) in [6, 6.07) is 4.48. The maximum absolute atomic E-state index is 12.7. The molecule has 2 aliphatic rings. The summed E-state index contributed by atoms with van der Waals surface area (Å²) in [7, 11) is 0. The van der Waals surface area contributed by atoms with E-state index in [-0.39, 0.29) is 42.7 Å². The van der Waals surface area contributed by atoms with Crippen LogP contribution in [-0.4, -0.2) is 41.1 Å². The minimum absolute atomic E-state index is 0.0333. The van der Waals surface area contributed by atoms with E-state index in [1.165, 1.54) is 12.1 Å². The van der Waals surface area contributed by atoms with E-state index in [1.54, 1.807) is 0 Å². The molecule has 0 spiro atoms. The van der Waals surface area contributed by atoms with Crippen molar-refractivity contribution in [3.63, 3.8) is 0 Å². The van der Waals surface area contributed by atoms with Crippen LogP contribution in [0, 0.1) is 11.8 Å². The van der Waals surface area contributed by atoms with Crippen LogP contribution in [-0.2, 0) is 15.7 Å². The molecule has 1 heterocycles. The van der Waals surface area contributed by atoms with E-state index in [4.69, 9.17) is 9.47 Å². The van der Waals surface area contributed by atoms with E-state index in [0.717, 1.165) is 12.1 Å². The van der Waals surface area contributed by atoms with Gasteiger partial charge in [0.05, 0.1) is 24.2 Å². The lowest BCUT2D eigenvalue weighted by Gasteiger charge is -2.21. The second-order valence-corrected chi connectivity index (χ2v) is 6.93. The van der Waals surface area contributed by atoms with Gasteiger partial charge in [0.1, 0.15) is 18.5 Å². The van der Waals surface area contributed by atoms with Gasteiger partial charge in [-0.1, -0.05) is 6.07 Å². The van der Waals surface area contributed by atoms with Crippen LogP contribution >= 0.6 is 0 Å². The highest BCUT2D eigenvalue weighted by Gasteiger charge is 2.49. The number of aliphatic hydroxyl groups excluding tert-OH is 2. The van der Waals surface area contributed by atoms with Gasteiger partial charge in [-0.2, -0.15) is 13.2 Å². The van der Waals surface area contributed by atoms with Gasteiger partial charge in [0.15, 0.2) is 0 Å². The zero-order valence-electron chi connectivity index (χ0n) is 14.0. The Balaban J connectivity index is 1.47. The molecular formula is C18H21F3O5. The molecule has 1 saturated carbocycles. The summed E-state index contributed by atoms with van der Waals surface area (Å²) >= 11 is 0. The molecule has 144 valence electrons. The number of rotatable bonds is 6. The van der Waals surface area contributed by atoms with Crippen LogP contribution in [0.25, 0.3) is 0 Å². The molecule has 0 amide bonds. The van der Waals surface area contributed by atoms with Gasteiger partial charge in [0.25, 0.3) is 0 Å². The normalized spacial score (nSPS) is 29.3. The van der Waals surface area contributed by atoms with Crippen LogP contribution in [0.3, 0.4) is 0 Å². The maximum atomic E-state index is 12.7. The molecule has 4 unspecified atom stereocenters. The lowest BCUT2D eigenvalue weighted by molar-refractivity contribution is -0.142. The van der Waals surface area contributed by atoms with Crippen molar-refractivity contribution in [1.82, 2.24) is 0 Å². The first-order chi connectivity index (χ1) is 12.2. The second-order valence-electron chi connectivity index (χ2n) is 6.93. The number of ether oxygens (including phenoxy) is 2. The van der Waals surface area contributed by atoms with Crippen molar-refractivity contribution in [3.8, 4) is 5.75 Å². The van der Waals surface area contributed by atoms with Crippen LogP contribution < -0.4 is 4.74 Å². The number of halogens is 3. The van der Waals surface area contributed by atoms with Gasteiger partial charge >= 0.3 is 12.1 Å². The lowest BCUT2D eigenvalue weighted by Crippen LogP contribution is -2.24. The van der Waals surface area contributed by atoms with Crippen molar-refractivity contribution >= 4 is 5.97 Å². The molecule has 0 aromatic heterocycles. The first-order valence-corrected chi connectivity index (χ1v) is 8.59. The number of hydrogen-bond acceptors (Lipinski definition) is 5. The fourth-order valence-electron chi connectivity index (χ4n) is 3.81. The predicted octanol–water partition coefficient (Wildman–Crippen LogP) is 2.54. The quantitative estimate of drug-likeness (QED) is 0.749. The highest BCUT2D eigenvalue weighted by atomic mass is 19.4. The zero-order chi connectivity index (χ0) is 18.9. The molecule has 1 aliphatic heterocycles. The van der Waals surface area contributed by atoms with Crippen molar-refractivity contribution in [3.05, 3.63) is 29.8 Å². The standard InChI is InChI=1S/C18H21F3O5/c19-18(20,21)10-2-1-3-12(6-10)25-9-11(22)4-5-13-14-7-17(24)26-16(14)8-15(13)23/h1-3,6,11,13-16,22-23H,4-5,7-9H2/t11-,13?,14?,15?,16?/m1/s1. The van der Waals surface area contributed by atoms with Crippen molar-refractivity contribution in [2.24, 2.45) is 11.8 Å². The van der Waals surface area contributed by atoms with Crippen molar-refractivity contribution in [2.45, 2.75) is 50.2 Å². The Morgan fingerprint density at radius 3 is 2.85 bits per heavy atom. The molecule has 5 atom stereocenters. The minimum atomic E-state index is -4.45. The summed E-state index contributed by atoms with van der Waals surface area (Å²) in [5.41, 5.74) is -0.810. The number of carbonyl (C=O) groups excluding carboxylic acids is 1. The molecule has 1 aromatic rings. The Labute approximate surface area is 148 Å². The summed E-state index contributed by atoms with van der Waals surface area (Å²) in [6.45, 7) is -0.145. The van der Waals surface area contributed by atoms with Crippen LogP contribution in [0.15, 0.2) is 24.3 Å². The number of hydrogen-bond donors (Lipinski definition) is 2. The van der Waals surface area contributed by atoms with Crippen LogP contribution in [0.2, 0.25) is 0 Å². The van der Waals surface area contributed by atoms with Crippen LogP contribution in [0.4, 0.5) is 13.2 Å². The molecule has 3 rings (SSSR count). The average molecular weight is 374 g/mol. The van der Waals surface area contributed by atoms with Gasteiger partial charge < -0.3 is 19.7 Å². The molecule has 1 aromatic carbocycles. The molecule has 1 saturated heterocycles. The lowest BCUT2D eigenvalue weighted by atomic mass is 9.87. The summed E-state index contributed by atoms with van der Waals surface area (Å²) in [5, 5.41) is 20.1. The maximum Gasteiger partial charge on any atom is 0.416 e. The molecule has 8 heteroatoms. The Kier molecular flexibility index (Phi) is 5.43. The number of carbonyl (C=O) groups is 1. The minimum Gasteiger partial charge on any atom is -0.491 e. The number of fused-ring (bicyclic) bond motifs is 1. The molecule has 5 nitrogen and oxygen atoms in total. The van der Waals surface area contributed by atoms with Gasteiger partial charge in [0, 0.05) is 12.3 Å². The smallest absolute Gasteiger partial charge is 0.416 e. The third-order valence-electron chi connectivity index (χ3n) is 5.12. The summed E-state index contributed by atoms with van der Waals surface area (Å²) in [5.74, 6) is -0.385. The summed E-state index contributed by atoms with van der Waals surface area (Å²) < 4.78 is 48.4. The van der Waals surface area contributed by atoms with E-state index >= 15 is 0 Å². The van der Waals surface area contributed by atoms with E-state index < -0.39 is 23.9 Å². The van der Waals surface area contributed by atoms with Crippen LogP contribution in [0.1, 0.15) is 31.2 Å². The predicted molar refractivity (Wildman–Crippen MR) is 84.3 cm³/mol. The van der Waals surface area contributed by atoms with Crippen LogP contribution in [0.5, 0.6) is 5.75 Å². The Hall–Kier alpha value is -1.80. The summed E-state index contributed by atoms with van der Waals surface area (Å²) in [4.78, 5) is 11.4. The largest absolute Gasteiger partial charge is 0.491 e.